The van der Waals surface area contributed by atoms with Crippen molar-refractivity contribution < 1.29 is 26.3 Å². The topological polar surface area (TPSA) is 12.9 Å². The quantitative estimate of drug-likeness (QED) is 0.184. The molecule has 212 valence electrons. The second-order valence-corrected chi connectivity index (χ2v) is 11.3. The molecule has 0 bridgehead atoms. The molecule has 7 aromatic rings. The normalized spacial score (nSPS) is 12.4. The first-order valence-corrected chi connectivity index (χ1v) is 14.1. The van der Waals surface area contributed by atoms with Crippen molar-refractivity contribution in [2.45, 2.75) is 12.4 Å². The average Bonchev–Trinajstić information content (AvgIpc) is 3.38. The van der Waals surface area contributed by atoms with Gasteiger partial charge in [0.15, 0.2) is 0 Å². The third kappa shape index (κ3) is 5.02. The Morgan fingerprint density at radius 2 is 1.14 bits per heavy atom. The van der Waals surface area contributed by atoms with Crippen molar-refractivity contribution in [3.8, 4) is 33.5 Å². The van der Waals surface area contributed by atoms with Crippen LogP contribution in [0.3, 0.4) is 0 Å². The molecular formula is C35H19F6NS. The van der Waals surface area contributed by atoms with Gasteiger partial charge in [-0.2, -0.15) is 26.3 Å². The standard InChI is InChI=1S/C35H19F6NS/c36-34(37,38)26-16-25(17-27(18-26)35(39,40)41)22-11-9-20-8-10-21(14-24(20)15-22)23-12-13-31(42-19-23)30-6-3-5-29-28-4-1-2-7-32(28)43-33(29)30/h1-19H. The van der Waals surface area contributed by atoms with Gasteiger partial charge < -0.3 is 0 Å². The van der Waals surface area contributed by atoms with E-state index in [1.807, 2.05) is 48.5 Å². The molecule has 0 aliphatic rings. The van der Waals surface area contributed by atoms with E-state index in [0.717, 1.165) is 44.6 Å². The van der Waals surface area contributed by atoms with Crippen LogP contribution in [0.2, 0.25) is 0 Å². The van der Waals surface area contributed by atoms with E-state index in [-0.39, 0.29) is 17.2 Å². The van der Waals surface area contributed by atoms with Crippen molar-refractivity contribution in [3.63, 3.8) is 0 Å². The zero-order valence-corrected chi connectivity index (χ0v) is 22.9. The Labute approximate surface area is 245 Å². The van der Waals surface area contributed by atoms with Gasteiger partial charge in [0.05, 0.1) is 16.8 Å². The number of hydrogen-bond donors (Lipinski definition) is 0. The maximum absolute atomic E-state index is 13.4. The van der Waals surface area contributed by atoms with E-state index in [4.69, 9.17) is 4.98 Å². The van der Waals surface area contributed by atoms with Crippen molar-refractivity contribution in [2.24, 2.45) is 0 Å². The first-order chi connectivity index (χ1) is 20.5. The van der Waals surface area contributed by atoms with Gasteiger partial charge in [-0.05, 0) is 69.9 Å². The summed E-state index contributed by atoms with van der Waals surface area (Å²) in [5, 5.41) is 3.87. The third-order valence-corrected chi connectivity index (χ3v) is 8.76. The fraction of sp³-hybridized carbons (Fsp3) is 0.0571. The van der Waals surface area contributed by atoms with Gasteiger partial charge >= 0.3 is 12.4 Å². The van der Waals surface area contributed by atoms with Crippen LogP contribution in [0.25, 0.3) is 64.5 Å². The first-order valence-electron chi connectivity index (χ1n) is 13.3. The molecule has 0 spiro atoms. The molecule has 2 heterocycles. The SMILES string of the molecule is FC(F)(F)c1cc(-c2ccc3ccc(-c4ccc(-c5cccc6c5sc5ccccc56)nc4)cc3c2)cc(C(F)(F)F)c1. The number of hydrogen-bond acceptors (Lipinski definition) is 2. The number of fused-ring (bicyclic) bond motifs is 4. The molecule has 5 aromatic carbocycles. The zero-order chi connectivity index (χ0) is 29.9. The molecule has 0 saturated heterocycles. The van der Waals surface area contributed by atoms with E-state index in [0.29, 0.717) is 5.39 Å². The molecule has 8 heteroatoms. The fourth-order valence-corrected chi connectivity index (χ4v) is 6.63. The molecule has 1 nitrogen and oxygen atoms in total. The Balaban J connectivity index is 1.26. The lowest BCUT2D eigenvalue weighted by Gasteiger charge is -2.15. The van der Waals surface area contributed by atoms with Gasteiger partial charge in [0.2, 0.25) is 0 Å². The number of halogens is 6. The van der Waals surface area contributed by atoms with Gasteiger partial charge in [0, 0.05) is 37.5 Å². The number of thiophene rings is 1. The number of nitrogens with zero attached hydrogens (tertiary/aromatic N) is 1. The summed E-state index contributed by atoms with van der Waals surface area (Å²) in [6.07, 6.45) is -8.06. The maximum atomic E-state index is 13.4. The van der Waals surface area contributed by atoms with Gasteiger partial charge in [-0.1, -0.05) is 66.7 Å². The highest BCUT2D eigenvalue weighted by atomic mass is 32.1. The van der Waals surface area contributed by atoms with Gasteiger partial charge in [0.25, 0.3) is 0 Å². The molecule has 0 aliphatic heterocycles. The minimum atomic E-state index is -4.91. The molecule has 43 heavy (non-hydrogen) atoms. The van der Waals surface area contributed by atoms with Gasteiger partial charge in [0.1, 0.15) is 0 Å². The molecule has 0 aliphatic carbocycles. The van der Waals surface area contributed by atoms with Crippen LogP contribution in [-0.2, 0) is 12.4 Å². The molecule has 0 unspecified atom stereocenters. The Hall–Kier alpha value is -4.69. The summed E-state index contributed by atoms with van der Waals surface area (Å²) in [4.78, 5) is 4.75. The van der Waals surface area contributed by atoms with Crippen LogP contribution in [0, 0.1) is 0 Å². The summed E-state index contributed by atoms with van der Waals surface area (Å²) in [5.41, 5.74) is 0.929. The molecule has 0 amide bonds. The number of aromatic nitrogens is 1. The third-order valence-electron chi connectivity index (χ3n) is 7.54. The van der Waals surface area contributed by atoms with E-state index in [9.17, 15) is 26.3 Å². The van der Waals surface area contributed by atoms with Gasteiger partial charge in [-0.15, -0.1) is 11.3 Å². The van der Waals surface area contributed by atoms with Crippen LogP contribution in [-0.4, -0.2) is 4.98 Å². The van der Waals surface area contributed by atoms with Crippen molar-refractivity contribution in [2.75, 3.05) is 0 Å². The van der Waals surface area contributed by atoms with E-state index >= 15 is 0 Å². The number of rotatable bonds is 3. The van der Waals surface area contributed by atoms with E-state index < -0.39 is 23.5 Å². The predicted molar refractivity (Wildman–Crippen MR) is 161 cm³/mol. The summed E-state index contributed by atoms with van der Waals surface area (Å²) < 4.78 is 83.0. The molecule has 7 rings (SSSR count). The zero-order valence-electron chi connectivity index (χ0n) is 22.1. The lowest BCUT2D eigenvalue weighted by atomic mass is 9.95. The van der Waals surface area contributed by atoms with Gasteiger partial charge in [-0.25, -0.2) is 0 Å². The molecule has 0 saturated carbocycles. The summed E-state index contributed by atoms with van der Waals surface area (Å²) in [6.45, 7) is 0. The summed E-state index contributed by atoms with van der Waals surface area (Å²) in [7, 11) is 0. The predicted octanol–water partition coefficient (Wildman–Crippen LogP) is 11.6. The van der Waals surface area contributed by atoms with Crippen LogP contribution in [0.4, 0.5) is 26.3 Å². The number of alkyl halides is 6. The Morgan fingerprint density at radius 1 is 0.512 bits per heavy atom. The highest BCUT2D eigenvalue weighted by Crippen LogP contribution is 2.41. The monoisotopic (exact) mass is 599 g/mol. The Bertz CT molecular complexity index is 2130. The van der Waals surface area contributed by atoms with E-state index in [1.54, 1.807) is 29.7 Å². The number of benzene rings is 5. The lowest BCUT2D eigenvalue weighted by molar-refractivity contribution is -0.143. The Morgan fingerprint density at radius 3 is 1.79 bits per heavy atom. The van der Waals surface area contributed by atoms with Crippen molar-refractivity contribution >= 4 is 42.3 Å². The molecule has 0 fully saturated rings. The number of pyridine rings is 1. The highest BCUT2D eigenvalue weighted by Gasteiger charge is 2.37. The van der Waals surface area contributed by atoms with Crippen molar-refractivity contribution in [1.29, 1.82) is 0 Å². The van der Waals surface area contributed by atoms with Crippen LogP contribution in [0.1, 0.15) is 11.1 Å². The van der Waals surface area contributed by atoms with Crippen LogP contribution in [0.15, 0.2) is 115 Å². The molecule has 0 N–H and O–H groups in total. The van der Waals surface area contributed by atoms with Crippen LogP contribution in [0.5, 0.6) is 0 Å². The maximum Gasteiger partial charge on any atom is 0.416 e. The molecule has 2 aromatic heterocycles. The first kappa shape index (κ1) is 27.2. The Kier molecular flexibility index (Phi) is 6.29. The van der Waals surface area contributed by atoms with E-state index in [2.05, 4.69) is 24.3 Å². The lowest BCUT2D eigenvalue weighted by Crippen LogP contribution is -2.11. The summed E-state index contributed by atoms with van der Waals surface area (Å²) in [6, 6.07) is 30.5. The van der Waals surface area contributed by atoms with Crippen molar-refractivity contribution in [3.05, 3.63) is 127 Å². The van der Waals surface area contributed by atoms with E-state index in [1.165, 1.54) is 21.5 Å². The fourth-order valence-electron chi connectivity index (χ4n) is 5.40. The molecule has 0 atom stereocenters. The smallest absolute Gasteiger partial charge is 0.256 e. The second-order valence-electron chi connectivity index (χ2n) is 10.3. The molecule has 0 radical (unpaired) electrons. The van der Waals surface area contributed by atoms with Gasteiger partial charge in [-0.3, -0.25) is 4.98 Å². The second kappa shape index (κ2) is 9.95. The highest BCUT2D eigenvalue weighted by molar-refractivity contribution is 7.26. The minimum Gasteiger partial charge on any atom is -0.256 e. The summed E-state index contributed by atoms with van der Waals surface area (Å²) >= 11 is 1.72. The summed E-state index contributed by atoms with van der Waals surface area (Å²) in [5.74, 6) is 0. The average molecular weight is 600 g/mol. The largest absolute Gasteiger partial charge is 0.416 e. The minimum absolute atomic E-state index is 0.139. The van der Waals surface area contributed by atoms with Crippen LogP contribution < -0.4 is 0 Å². The van der Waals surface area contributed by atoms with Crippen molar-refractivity contribution in [1.82, 2.24) is 4.98 Å². The molecular weight excluding hydrogens is 580 g/mol. The van der Waals surface area contributed by atoms with Crippen LogP contribution >= 0.6 is 11.3 Å².